The summed E-state index contributed by atoms with van der Waals surface area (Å²) in [4.78, 5) is 0.382. The van der Waals surface area contributed by atoms with Crippen LogP contribution in [0.15, 0.2) is 23.1 Å². The van der Waals surface area contributed by atoms with E-state index in [2.05, 4.69) is 17.0 Å². The van der Waals surface area contributed by atoms with Crippen LogP contribution < -0.4 is 10.0 Å². The Balaban J connectivity index is 1.38. The minimum atomic E-state index is -3.51. The maximum Gasteiger partial charge on any atom is 0.240 e. The number of fused-ring (bicyclic) bond motifs is 3. The minimum Gasteiger partial charge on any atom is -0.381 e. The summed E-state index contributed by atoms with van der Waals surface area (Å²) in [5.74, 6) is 1.86. The number of rotatable bonds is 4. The van der Waals surface area contributed by atoms with Crippen molar-refractivity contribution in [2.45, 2.75) is 94.2 Å². The molecule has 0 bridgehead atoms. The number of ether oxygens (including phenoxy) is 1. The molecule has 1 saturated heterocycles. The first kappa shape index (κ1) is 20.8. The summed E-state index contributed by atoms with van der Waals surface area (Å²) < 4.78 is 35.3. The zero-order valence-corrected chi connectivity index (χ0v) is 18.9. The van der Waals surface area contributed by atoms with Crippen molar-refractivity contribution < 1.29 is 13.2 Å². The molecule has 1 aromatic rings. The fourth-order valence-corrected chi connectivity index (χ4v) is 7.62. The van der Waals surface area contributed by atoms with Gasteiger partial charge in [0, 0.05) is 35.9 Å². The first-order valence-electron chi connectivity index (χ1n) is 12.1. The van der Waals surface area contributed by atoms with Gasteiger partial charge in [0.05, 0.1) is 11.0 Å². The largest absolute Gasteiger partial charge is 0.381 e. The third-order valence-corrected chi connectivity index (χ3v) is 9.57. The molecule has 6 heteroatoms. The van der Waals surface area contributed by atoms with E-state index in [0.717, 1.165) is 50.0 Å². The normalized spacial score (nSPS) is 34.8. The van der Waals surface area contributed by atoms with Gasteiger partial charge in [-0.3, -0.25) is 0 Å². The van der Waals surface area contributed by atoms with Crippen LogP contribution in [0.1, 0.15) is 82.8 Å². The Morgan fingerprint density at radius 3 is 2.53 bits per heavy atom. The van der Waals surface area contributed by atoms with Gasteiger partial charge in [0.25, 0.3) is 0 Å². The van der Waals surface area contributed by atoms with E-state index in [-0.39, 0.29) is 12.1 Å². The van der Waals surface area contributed by atoms with Gasteiger partial charge in [0.15, 0.2) is 0 Å². The highest BCUT2D eigenvalue weighted by Crippen LogP contribution is 2.48. The zero-order chi connectivity index (χ0) is 20.7. The fraction of sp³-hybridized carbons (Fsp3) is 0.750. The molecule has 3 fully saturated rings. The standard InChI is InChI=1S/C24H36N2O3S/c1-16-7-9-18(10-8-16)26-30(27,28)19-11-12-22-21(15-19)24-20(13-14-29-24)23(25-22)17-5-3-2-4-6-17/h11-12,15-18,20,23-26H,2-10,13-14H2,1H3/t16?,18?,20-,23-,24-/m0/s1. The van der Waals surface area contributed by atoms with E-state index in [9.17, 15) is 8.42 Å². The van der Waals surface area contributed by atoms with Gasteiger partial charge in [0.1, 0.15) is 0 Å². The summed E-state index contributed by atoms with van der Waals surface area (Å²) in [6.45, 7) is 3.02. The smallest absolute Gasteiger partial charge is 0.240 e. The van der Waals surface area contributed by atoms with Crippen LogP contribution in [0.5, 0.6) is 0 Å². The molecule has 166 valence electrons. The quantitative estimate of drug-likeness (QED) is 0.703. The van der Waals surface area contributed by atoms with Crippen LogP contribution in [0.4, 0.5) is 5.69 Å². The molecule has 0 amide bonds. The summed E-state index contributed by atoms with van der Waals surface area (Å²) in [5.41, 5.74) is 2.10. The molecule has 0 aromatic heterocycles. The summed E-state index contributed by atoms with van der Waals surface area (Å²) in [5, 5.41) is 3.81. The SMILES string of the molecule is CC1CCC(NS(=O)(=O)c2ccc3c(c2)[C@H]2OCC[C@H]2[C@H](C2CCCCC2)N3)CC1. The number of hydrogen-bond donors (Lipinski definition) is 2. The van der Waals surface area contributed by atoms with Gasteiger partial charge in [-0.1, -0.05) is 26.2 Å². The highest BCUT2D eigenvalue weighted by molar-refractivity contribution is 7.89. The molecule has 2 heterocycles. The van der Waals surface area contributed by atoms with Crippen molar-refractivity contribution in [2.75, 3.05) is 11.9 Å². The lowest BCUT2D eigenvalue weighted by atomic mass is 9.73. The van der Waals surface area contributed by atoms with Crippen molar-refractivity contribution in [3.05, 3.63) is 23.8 Å². The Hall–Kier alpha value is -1.11. The Morgan fingerprint density at radius 2 is 1.77 bits per heavy atom. The third-order valence-electron chi connectivity index (χ3n) is 8.06. The molecule has 2 N–H and O–H groups in total. The summed E-state index contributed by atoms with van der Waals surface area (Å²) in [6, 6.07) is 6.13. The molecular formula is C24H36N2O3S. The highest BCUT2D eigenvalue weighted by Gasteiger charge is 2.44. The molecule has 2 aliphatic carbocycles. The van der Waals surface area contributed by atoms with Crippen LogP contribution in [-0.2, 0) is 14.8 Å². The molecule has 0 unspecified atom stereocenters. The molecule has 5 nitrogen and oxygen atoms in total. The maximum absolute atomic E-state index is 13.1. The van der Waals surface area contributed by atoms with Crippen LogP contribution in [0.3, 0.4) is 0 Å². The summed E-state index contributed by atoms with van der Waals surface area (Å²) in [6.07, 6.45) is 11.8. The Labute approximate surface area is 181 Å². The first-order valence-corrected chi connectivity index (χ1v) is 13.5. The predicted molar refractivity (Wildman–Crippen MR) is 119 cm³/mol. The molecule has 3 atom stereocenters. The minimum absolute atomic E-state index is 0.0267. The first-order chi connectivity index (χ1) is 14.5. The van der Waals surface area contributed by atoms with E-state index in [1.807, 2.05) is 12.1 Å². The molecule has 5 rings (SSSR count). The maximum atomic E-state index is 13.1. The second-order valence-electron chi connectivity index (χ2n) is 10.1. The van der Waals surface area contributed by atoms with E-state index in [4.69, 9.17) is 4.74 Å². The lowest BCUT2D eigenvalue weighted by Crippen LogP contribution is -2.42. The van der Waals surface area contributed by atoms with Crippen molar-refractivity contribution in [3.63, 3.8) is 0 Å². The van der Waals surface area contributed by atoms with E-state index in [1.165, 1.54) is 32.1 Å². The van der Waals surface area contributed by atoms with Gasteiger partial charge in [-0.05, 0) is 75.0 Å². The lowest BCUT2D eigenvalue weighted by Gasteiger charge is -2.42. The second kappa shape index (κ2) is 8.44. The topological polar surface area (TPSA) is 67.4 Å². The van der Waals surface area contributed by atoms with Gasteiger partial charge < -0.3 is 10.1 Å². The van der Waals surface area contributed by atoms with Crippen molar-refractivity contribution >= 4 is 15.7 Å². The molecule has 2 aliphatic heterocycles. The van der Waals surface area contributed by atoms with Gasteiger partial charge >= 0.3 is 0 Å². The molecule has 2 saturated carbocycles. The fourth-order valence-electron chi connectivity index (χ4n) is 6.28. The van der Waals surface area contributed by atoms with E-state index >= 15 is 0 Å². The number of anilines is 1. The molecule has 0 spiro atoms. The molecule has 1 aromatic carbocycles. The molecule has 4 aliphatic rings. The predicted octanol–water partition coefficient (Wildman–Crippen LogP) is 5.00. The Kier molecular flexibility index (Phi) is 5.84. The third kappa shape index (κ3) is 4.03. The van der Waals surface area contributed by atoms with Crippen molar-refractivity contribution in [3.8, 4) is 0 Å². The Bertz CT molecular complexity index is 857. The van der Waals surface area contributed by atoms with Crippen LogP contribution >= 0.6 is 0 Å². The summed E-state index contributed by atoms with van der Waals surface area (Å²) in [7, 11) is -3.51. The van der Waals surface area contributed by atoms with Crippen LogP contribution in [-0.4, -0.2) is 27.1 Å². The average Bonchev–Trinajstić information content (AvgIpc) is 3.25. The van der Waals surface area contributed by atoms with Crippen molar-refractivity contribution in [2.24, 2.45) is 17.8 Å². The van der Waals surface area contributed by atoms with E-state index in [0.29, 0.717) is 28.7 Å². The number of benzene rings is 1. The van der Waals surface area contributed by atoms with Crippen LogP contribution in [0, 0.1) is 17.8 Å². The zero-order valence-electron chi connectivity index (χ0n) is 18.1. The monoisotopic (exact) mass is 432 g/mol. The van der Waals surface area contributed by atoms with Gasteiger partial charge in [-0.25, -0.2) is 13.1 Å². The number of hydrogen-bond acceptors (Lipinski definition) is 4. The number of nitrogens with one attached hydrogen (secondary N) is 2. The Morgan fingerprint density at radius 1 is 1.00 bits per heavy atom. The van der Waals surface area contributed by atoms with Gasteiger partial charge in [-0.2, -0.15) is 0 Å². The van der Waals surface area contributed by atoms with Crippen molar-refractivity contribution in [1.29, 1.82) is 0 Å². The lowest BCUT2D eigenvalue weighted by molar-refractivity contribution is 0.0730. The van der Waals surface area contributed by atoms with Gasteiger partial charge in [-0.15, -0.1) is 0 Å². The summed E-state index contributed by atoms with van der Waals surface area (Å²) >= 11 is 0. The van der Waals surface area contributed by atoms with Crippen molar-refractivity contribution in [1.82, 2.24) is 4.72 Å². The number of sulfonamides is 1. The molecular weight excluding hydrogens is 396 g/mol. The van der Waals surface area contributed by atoms with Gasteiger partial charge in [0.2, 0.25) is 10.0 Å². The molecule has 0 radical (unpaired) electrons. The molecule has 30 heavy (non-hydrogen) atoms. The van der Waals surface area contributed by atoms with E-state index in [1.54, 1.807) is 6.07 Å². The van der Waals surface area contributed by atoms with E-state index < -0.39 is 10.0 Å². The highest BCUT2D eigenvalue weighted by atomic mass is 32.2. The second-order valence-corrected chi connectivity index (χ2v) is 11.9. The van der Waals surface area contributed by atoms with Crippen LogP contribution in [0.25, 0.3) is 0 Å². The van der Waals surface area contributed by atoms with Crippen LogP contribution in [0.2, 0.25) is 0 Å². The average molecular weight is 433 g/mol.